The number of nitrogens with zero attached hydrogens (tertiary/aromatic N) is 4. The predicted molar refractivity (Wildman–Crippen MR) is 258 cm³/mol. The Labute approximate surface area is 366 Å². The molecule has 9 aromatic carbocycles. The number of benzene rings is 9. The van der Waals surface area contributed by atoms with Crippen molar-refractivity contribution in [2.75, 3.05) is 0 Å². The maximum Gasteiger partial charge on any atom is 0.160 e. The Kier molecular flexibility index (Phi) is 7.29. The average molecular weight is 796 g/mol. The molecule has 3 aromatic heterocycles. The Bertz CT molecular complexity index is 3820. The minimum Gasteiger partial charge on any atom is -0.309 e. The van der Waals surface area contributed by atoms with Crippen LogP contribution in [0.2, 0.25) is 0 Å². The number of aromatic nitrogens is 4. The monoisotopic (exact) mass is 795 g/mol. The molecular formula is C58H38N4. The van der Waals surface area contributed by atoms with Gasteiger partial charge >= 0.3 is 0 Å². The van der Waals surface area contributed by atoms with Crippen LogP contribution in [-0.4, -0.2) is 19.1 Å². The SMILES string of the molecule is [2H]c1c([2H])c([2H])c(-n2c3ccccc3c3cc(-c4ccc5c(c4)c4cc(-c6ccccc6)ccc4n5-c4ccc(-c5cc(-c6ccccc6)nc(-c6ccccc6)n5)cc4)ccc32)c([2H])c1[2H]. The van der Waals surface area contributed by atoms with Crippen LogP contribution in [0.1, 0.15) is 6.85 Å². The zero-order valence-corrected chi connectivity index (χ0v) is 33.3. The van der Waals surface area contributed by atoms with Gasteiger partial charge in [0.05, 0.1) is 40.3 Å². The molecule has 0 aliphatic rings. The van der Waals surface area contributed by atoms with Gasteiger partial charge in [-0.3, -0.25) is 0 Å². The molecule has 4 nitrogen and oxygen atoms in total. The van der Waals surface area contributed by atoms with Crippen LogP contribution in [0, 0.1) is 0 Å². The summed E-state index contributed by atoms with van der Waals surface area (Å²) in [5.74, 6) is 0.674. The molecular weight excluding hydrogens is 753 g/mol. The quantitative estimate of drug-likeness (QED) is 0.161. The summed E-state index contributed by atoms with van der Waals surface area (Å²) in [7, 11) is 0. The fourth-order valence-electron chi connectivity index (χ4n) is 8.89. The molecule has 0 saturated carbocycles. The third kappa shape index (κ3) is 6.08. The van der Waals surface area contributed by atoms with E-state index in [1.165, 1.54) is 0 Å². The third-order valence-corrected chi connectivity index (χ3v) is 11.8. The fraction of sp³-hybridized carbons (Fsp3) is 0. The lowest BCUT2D eigenvalue weighted by atomic mass is 9.99. The van der Waals surface area contributed by atoms with Crippen LogP contribution in [0.5, 0.6) is 0 Å². The second-order valence-corrected chi connectivity index (χ2v) is 15.5. The summed E-state index contributed by atoms with van der Waals surface area (Å²) in [5.41, 5.74) is 13.8. The summed E-state index contributed by atoms with van der Waals surface area (Å²) >= 11 is 0. The average Bonchev–Trinajstić information content (AvgIpc) is 3.89. The zero-order chi connectivity index (χ0) is 45.3. The van der Waals surface area contributed by atoms with Gasteiger partial charge < -0.3 is 9.13 Å². The van der Waals surface area contributed by atoms with Crippen LogP contribution in [0.3, 0.4) is 0 Å². The molecule has 0 aliphatic heterocycles. The van der Waals surface area contributed by atoms with Crippen LogP contribution in [0.25, 0.3) is 111 Å². The molecule has 0 fully saturated rings. The van der Waals surface area contributed by atoms with Crippen molar-refractivity contribution in [1.29, 1.82) is 0 Å². The standard InChI is InChI=1S/C58H38N4/c1-5-15-39(16-6-1)43-27-32-56-50(35-43)51-37-45(44-28-33-55-49(36-44)48-23-13-14-24-54(48)61(55)46-21-11-4-12-22-46)29-34-57(51)62(56)47-30-25-41(26-31-47)53-38-52(40-17-7-2-8-18-40)59-58(60-53)42-19-9-3-10-20-42/h1-38H/i4D,11D,12D,21D,22D. The Morgan fingerprint density at radius 2 is 0.726 bits per heavy atom. The second kappa shape index (κ2) is 14.7. The van der Waals surface area contributed by atoms with Crippen LogP contribution in [0.15, 0.2) is 230 Å². The number of hydrogen-bond acceptors (Lipinski definition) is 2. The molecule has 0 saturated heterocycles. The van der Waals surface area contributed by atoms with Crippen molar-refractivity contribution in [3.05, 3.63) is 230 Å². The van der Waals surface area contributed by atoms with Crippen molar-refractivity contribution < 1.29 is 6.85 Å². The van der Waals surface area contributed by atoms with Crippen LogP contribution < -0.4 is 0 Å². The van der Waals surface area contributed by atoms with E-state index in [-0.39, 0.29) is 29.9 Å². The van der Waals surface area contributed by atoms with Crippen molar-refractivity contribution in [2.45, 2.75) is 0 Å². The van der Waals surface area contributed by atoms with E-state index in [9.17, 15) is 0 Å². The summed E-state index contributed by atoms with van der Waals surface area (Å²) in [6.07, 6.45) is 0. The van der Waals surface area contributed by atoms with E-state index in [0.717, 1.165) is 99.6 Å². The summed E-state index contributed by atoms with van der Waals surface area (Å²) < 4.78 is 46.9. The first-order chi connectivity index (χ1) is 32.8. The summed E-state index contributed by atoms with van der Waals surface area (Å²) in [4.78, 5) is 10.1. The number of para-hydroxylation sites is 2. The highest BCUT2D eigenvalue weighted by Crippen LogP contribution is 2.40. The minimum absolute atomic E-state index is 0.132. The Hall–Kier alpha value is -8.34. The first kappa shape index (κ1) is 30.7. The molecule has 0 atom stereocenters. The minimum atomic E-state index is -0.413. The molecule has 4 heteroatoms. The van der Waals surface area contributed by atoms with E-state index >= 15 is 0 Å². The number of hydrogen-bond donors (Lipinski definition) is 0. The number of rotatable bonds is 7. The number of fused-ring (bicyclic) bond motifs is 6. The van der Waals surface area contributed by atoms with E-state index in [4.69, 9.17) is 16.8 Å². The van der Waals surface area contributed by atoms with Gasteiger partial charge in [0.25, 0.3) is 0 Å². The lowest BCUT2D eigenvalue weighted by Gasteiger charge is -2.12. The Morgan fingerprint density at radius 3 is 1.31 bits per heavy atom. The van der Waals surface area contributed by atoms with E-state index in [0.29, 0.717) is 5.82 Å². The third-order valence-electron chi connectivity index (χ3n) is 11.8. The highest BCUT2D eigenvalue weighted by Gasteiger charge is 2.18. The first-order valence-corrected chi connectivity index (χ1v) is 20.7. The van der Waals surface area contributed by atoms with Gasteiger partial charge in [-0.1, -0.05) is 158 Å². The molecule has 0 unspecified atom stereocenters. The van der Waals surface area contributed by atoms with Crippen LogP contribution in [-0.2, 0) is 0 Å². The van der Waals surface area contributed by atoms with Crippen molar-refractivity contribution in [1.82, 2.24) is 19.1 Å². The van der Waals surface area contributed by atoms with Gasteiger partial charge in [-0.15, -0.1) is 0 Å². The van der Waals surface area contributed by atoms with E-state index in [1.54, 1.807) is 4.57 Å². The van der Waals surface area contributed by atoms with Gasteiger partial charge in [0.1, 0.15) is 0 Å². The van der Waals surface area contributed by atoms with Gasteiger partial charge in [-0.2, -0.15) is 0 Å². The van der Waals surface area contributed by atoms with Crippen molar-refractivity contribution in [3.63, 3.8) is 0 Å². The van der Waals surface area contributed by atoms with Gasteiger partial charge in [-0.05, 0) is 95.0 Å². The van der Waals surface area contributed by atoms with Gasteiger partial charge in [-0.25, -0.2) is 9.97 Å². The summed E-state index contributed by atoms with van der Waals surface area (Å²) in [6.45, 7) is 0. The molecule has 0 aliphatic carbocycles. The maximum absolute atomic E-state index is 8.84. The zero-order valence-electron chi connectivity index (χ0n) is 38.3. The van der Waals surface area contributed by atoms with Gasteiger partial charge in [0.2, 0.25) is 0 Å². The Balaban J connectivity index is 1.01. The predicted octanol–water partition coefficient (Wildman–Crippen LogP) is 15.0. The molecule has 12 rings (SSSR count). The topological polar surface area (TPSA) is 35.6 Å². The van der Waals surface area contributed by atoms with Crippen molar-refractivity contribution >= 4 is 43.6 Å². The smallest absolute Gasteiger partial charge is 0.160 e. The second-order valence-electron chi connectivity index (χ2n) is 15.5. The van der Waals surface area contributed by atoms with Gasteiger partial charge in [0.15, 0.2) is 5.82 Å². The van der Waals surface area contributed by atoms with Crippen LogP contribution in [0.4, 0.5) is 0 Å². The van der Waals surface area contributed by atoms with E-state index < -0.39 is 6.04 Å². The normalized spacial score (nSPS) is 12.7. The molecule has 12 aromatic rings. The molecule has 3 heterocycles. The molecule has 290 valence electrons. The fourth-order valence-corrected chi connectivity index (χ4v) is 8.89. The summed E-state index contributed by atoms with van der Waals surface area (Å²) in [5, 5.41) is 4.07. The lowest BCUT2D eigenvalue weighted by Crippen LogP contribution is -1.97. The molecule has 0 radical (unpaired) electrons. The van der Waals surface area contributed by atoms with Crippen molar-refractivity contribution in [3.8, 4) is 67.5 Å². The van der Waals surface area contributed by atoms with Crippen molar-refractivity contribution in [2.24, 2.45) is 0 Å². The Morgan fingerprint density at radius 1 is 0.306 bits per heavy atom. The summed E-state index contributed by atoms with van der Waals surface area (Å²) in [6, 6.07) is 67.2. The van der Waals surface area contributed by atoms with Gasteiger partial charge in [0, 0.05) is 49.6 Å². The highest BCUT2D eigenvalue weighted by molar-refractivity contribution is 6.13. The molecule has 0 amide bonds. The molecule has 0 bridgehead atoms. The molecule has 0 spiro atoms. The van der Waals surface area contributed by atoms with E-state index in [2.05, 4.69) is 120 Å². The lowest BCUT2D eigenvalue weighted by molar-refractivity contribution is 1.17. The first-order valence-electron chi connectivity index (χ1n) is 23.2. The largest absolute Gasteiger partial charge is 0.309 e. The molecule has 62 heavy (non-hydrogen) atoms. The van der Waals surface area contributed by atoms with Crippen LogP contribution >= 0.6 is 0 Å². The maximum atomic E-state index is 8.84. The van der Waals surface area contributed by atoms with E-state index in [1.807, 2.05) is 84.9 Å². The molecule has 0 N–H and O–H groups in total. The highest BCUT2D eigenvalue weighted by atomic mass is 15.0.